The Morgan fingerprint density at radius 3 is 2.95 bits per heavy atom. The SMILES string of the molecule is CCS[C@@H]1CC[C@H](N(C)C(=O)N[C@@H](C)c2ncc(CC)s2)C1. The molecule has 1 heterocycles. The first-order valence-electron chi connectivity index (χ1n) is 8.14. The number of urea groups is 1. The smallest absolute Gasteiger partial charge is 0.317 e. The van der Waals surface area contributed by atoms with Gasteiger partial charge in [-0.1, -0.05) is 13.8 Å². The van der Waals surface area contributed by atoms with E-state index in [-0.39, 0.29) is 12.1 Å². The molecule has 2 amide bonds. The van der Waals surface area contributed by atoms with Gasteiger partial charge in [0.15, 0.2) is 0 Å². The van der Waals surface area contributed by atoms with E-state index in [2.05, 4.69) is 24.1 Å². The van der Waals surface area contributed by atoms with E-state index in [0.717, 1.165) is 30.0 Å². The van der Waals surface area contributed by atoms with Crippen molar-refractivity contribution in [3.05, 3.63) is 16.1 Å². The van der Waals surface area contributed by atoms with Crippen LogP contribution in [0.25, 0.3) is 0 Å². The second-order valence-electron chi connectivity index (χ2n) is 5.84. The molecule has 1 fully saturated rings. The summed E-state index contributed by atoms with van der Waals surface area (Å²) in [6.07, 6.45) is 6.37. The van der Waals surface area contributed by atoms with Gasteiger partial charge in [0.05, 0.1) is 6.04 Å². The van der Waals surface area contributed by atoms with E-state index in [1.807, 2.05) is 36.8 Å². The quantitative estimate of drug-likeness (QED) is 0.848. The zero-order valence-corrected chi connectivity index (χ0v) is 15.6. The average molecular weight is 342 g/mol. The van der Waals surface area contributed by atoms with Gasteiger partial charge in [-0.3, -0.25) is 0 Å². The molecular formula is C16H27N3OS2. The van der Waals surface area contributed by atoms with Gasteiger partial charge in [0.25, 0.3) is 0 Å². The molecule has 0 radical (unpaired) electrons. The Labute approximate surface area is 142 Å². The maximum absolute atomic E-state index is 12.4. The maximum atomic E-state index is 12.4. The van der Waals surface area contributed by atoms with Gasteiger partial charge in [-0.25, -0.2) is 9.78 Å². The monoisotopic (exact) mass is 341 g/mol. The second-order valence-corrected chi connectivity index (χ2v) is 8.57. The third-order valence-corrected chi connectivity index (χ3v) is 6.81. The van der Waals surface area contributed by atoms with Crippen LogP contribution in [0.1, 0.15) is 56.0 Å². The van der Waals surface area contributed by atoms with Crippen molar-refractivity contribution in [3.63, 3.8) is 0 Å². The lowest BCUT2D eigenvalue weighted by atomic mass is 10.2. The molecule has 6 heteroatoms. The molecule has 1 saturated carbocycles. The fourth-order valence-electron chi connectivity index (χ4n) is 2.86. The Bertz CT molecular complexity index is 491. The number of hydrogen-bond acceptors (Lipinski definition) is 4. The molecule has 1 aromatic heterocycles. The fraction of sp³-hybridized carbons (Fsp3) is 0.750. The average Bonchev–Trinajstić information content (AvgIpc) is 3.15. The molecule has 1 aliphatic rings. The number of carbonyl (C=O) groups excluding carboxylic acids is 1. The number of hydrogen-bond donors (Lipinski definition) is 1. The number of carbonyl (C=O) groups is 1. The van der Waals surface area contributed by atoms with Crippen molar-refractivity contribution in [1.29, 1.82) is 0 Å². The molecule has 3 atom stereocenters. The van der Waals surface area contributed by atoms with Crippen molar-refractivity contribution < 1.29 is 4.79 Å². The maximum Gasteiger partial charge on any atom is 0.317 e. The van der Waals surface area contributed by atoms with Crippen molar-refractivity contribution in [2.24, 2.45) is 0 Å². The number of aromatic nitrogens is 1. The summed E-state index contributed by atoms with van der Waals surface area (Å²) in [4.78, 5) is 20.0. The van der Waals surface area contributed by atoms with Crippen molar-refractivity contribution in [2.45, 2.75) is 63.8 Å². The number of thiazole rings is 1. The first-order chi connectivity index (χ1) is 10.5. The van der Waals surface area contributed by atoms with E-state index in [9.17, 15) is 4.79 Å². The van der Waals surface area contributed by atoms with Gasteiger partial charge in [-0.15, -0.1) is 11.3 Å². The molecule has 1 aliphatic carbocycles. The van der Waals surface area contributed by atoms with E-state index in [0.29, 0.717) is 11.3 Å². The Balaban J connectivity index is 1.86. The van der Waals surface area contributed by atoms with Gasteiger partial charge < -0.3 is 10.2 Å². The molecule has 124 valence electrons. The normalized spacial score (nSPS) is 22.5. The summed E-state index contributed by atoms with van der Waals surface area (Å²) in [5.74, 6) is 1.16. The number of aryl methyl sites for hydroxylation is 1. The summed E-state index contributed by atoms with van der Waals surface area (Å²) in [6.45, 7) is 6.34. The van der Waals surface area contributed by atoms with Gasteiger partial charge >= 0.3 is 6.03 Å². The molecule has 0 aromatic carbocycles. The van der Waals surface area contributed by atoms with Crippen molar-refractivity contribution >= 4 is 29.1 Å². The largest absolute Gasteiger partial charge is 0.329 e. The van der Waals surface area contributed by atoms with Crippen molar-refractivity contribution in [2.75, 3.05) is 12.8 Å². The predicted octanol–water partition coefficient (Wildman–Crippen LogP) is 4.08. The van der Waals surface area contributed by atoms with Crippen LogP contribution in [0.3, 0.4) is 0 Å². The van der Waals surface area contributed by atoms with Crippen molar-refractivity contribution in [3.8, 4) is 0 Å². The summed E-state index contributed by atoms with van der Waals surface area (Å²) in [5, 5.41) is 4.79. The van der Waals surface area contributed by atoms with Gasteiger partial charge in [-0.05, 0) is 38.4 Å². The van der Waals surface area contributed by atoms with Crippen LogP contribution in [-0.2, 0) is 6.42 Å². The van der Waals surface area contributed by atoms with Gasteiger partial charge in [0, 0.05) is 29.4 Å². The van der Waals surface area contributed by atoms with E-state index < -0.39 is 0 Å². The number of thioether (sulfide) groups is 1. The molecule has 0 saturated heterocycles. The number of rotatable bonds is 6. The lowest BCUT2D eigenvalue weighted by molar-refractivity contribution is 0.188. The summed E-state index contributed by atoms with van der Waals surface area (Å²) in [5.41, 5.74) is 0. The highest BCUT2D eigenvalue weighted by Gasteiger charge is 2.30. The van der Waals surface area contributed by atoms with Crippen LogP contribution in [0.2, 0.25) is 0 Å². The van der Waals surface area contributed by atoms with E-state index in [1.54, 1.807) is 11.3 Å². The van der Waals surface area contributed by atoms with Gasteiger partial charge in [0.1, 0.15) is 5.01 Å². The van der Waals surface area contributed by atoms with Gasteiger partial charge in [-0.2, -0.15) is 11.8 Å². The molecule has 2 rings (SSSR count). The Morgan fingerprint density at radius 2 is 2.32 bits per heavy atom. The zero-order chi connectivity index (χ0) is 16.1. The van der Waals surface area contributed by atoms with Crippen LogP contribution >= 0.6 is 23.1 Å². The summed E-state index contributed by atoms with van der Waals surface area (Å²) in [6, 6.07) is 0.370. The standard InChI is InChI=1S/C16H27N3OS2/c1-5-13-10-17-15(22-13)11(3)18-16(20)19(4)12-7-8-14(9-12)21-6-2/h10-12,14H,5-9H2,1-4H3,(H,18,20)/t11-,12-,14+/m0/s1. The number of nitrogens with zero attached hydrogens (tertiary/aromatic N) is 2. The fourth-order valence-corrected chi connectivity index (χ4v) is 4.85. The number of amides is 2. The van der Waals surface area contributed by atoms with E-state index in [1.165, 1.54) is 11.3 Å². The van der Waals surface area contributed by atoms with E-state index >= 15 is 0 Å². The topological polar surface area (TPSA) is 45.2 Å². The second kappa shape index (κ2) is 8.20. The minimum atomic E-state index is -0.0255. The van der Waals surface area contributed by atoms with Crippen molar-refractivity contribution in [1.82, 2.24) is 15.2 Å². The Morgan fingerprint density at radius 1 is 1.55 bits per heavy atom. The third kappa shape index (κ3) is 4.38. The minimum Gasteiger partial charge on any atom is -0.329 e. The summed E-state index contributed by atoms with van der Waals surface area (Å²) in [7, 11) is 1.92. The van der Waals surface area contributed by atoms with Crippen LogP contribution in [0.15, 0.2) is 6.20 Å². The summed E-state index contributed by atoms with van der Waals surface area (Å²) < 4.78 is 0. The Hall–Kier alpha value is -0.750. The first kappa shape index (κ1) is 17.6. The molecule has 0 unspecified atom stereocenters. The molecule has 0 bridgehead atoms. The highest BCUT2D eigenvalue weighted by molar-refractivity contribution is 7.99. The van der Waals surface area contributed by atoms with Crippen LogP contribution in [0, 0.1) is 0 Å². The van der Waals surface area contributed by atoms with Crippen LogP contribution in [0.4, 0.5) is 4.79 Å². The zero-order valence-electron chi connectivity index (χ0n) is 14.0. The molecule has 1 N–H and O–H groups in total. The van der Waals surface area contributed by atoms with E-state index in [4.69, 9.17) is 0 Å². The number of nitrogens with one attached hydrogen (secondary N) is 1. The summed E-state index contributed by atoms with van der Waals surface area (Å²) >= 11 is 3.71. The minimum absolute atomic E-state index is 0.0212. The highest BCUT2D eigenvalue weighted by atomic mass is 32.2. The molecular weight excluding hydrogens is 314 g/mol. The lowest BCUT2D eigenvalue weighted by Crippen LogP contribution is -2.43. The Kier molecular flexibility index (Phi) is 6.56. The third-order valence-electron chi connectivity index (χ3n) is 4.26. The van der Waals surface area contributed by atoms with Gasteiger partial charge in [0.2, 0.25) is 0 Å². The molecule has 0 spiro atoms. The van der Waals surface area contributed by atoms with Crippen LogP contribution < -0.4 is 5.32 Å². The molecule has 1 aromatic rings. The molecule has 0 aliphatic heterocycles. The molecule has 4 nitrogen and oxygen atoms in total. The lowest BCUT2D eigenvalue weighted by Gasteiger charge is -2.26. The van der Waals surface area contributed by atoms with Crippen LogP contribution in [0.5, 0.6) is 0 Å². The van der Waals surface area contributed by atoms with Crippen LogP contribution in [-0.4, -0.2) is 40.0 Å². The predicted molar refractivity (Wildman–Crippen MR) is 95.8 cm³/mol. The first-order valence-corrected chi connectivity index (χ1v) is 10.0. The molecule has 22 heavy (non-hydrogen) atoms. The highest BCUT2D eigenvalue weighted by Crippen LogP contribution is 2.32.